The van der Waals surface area contributed by atoms with E-state index in [0.29, 0.717) is 6.54 Å². The number of hydrogen-bond donors (Lipinski definition) is 1. The molecule has 0 fully saturated rings. The molecule has 1 aromatic carbocycles. The lowest BCUT2D eigenvalue weighted by molar-refractivity contribution is 0.119. The molecule has 1 unspecified atom stereocenters. The van der Waals surface area contributed by atoms with E-state index >= 15 is 0 Å². The summed E-state index contributed by atoms with van der Waals surface area (Å²) in [5.41, 5.74) is 0.963. The molecule has 0 saturated heterocycles. The van der Waals surface area contributed by atoms with Gasteiger partial charge in [0.2, 0.25) is 0 Å². The van der Waals surface area contributed by atoms with Crippen LogP contribution in [-0.2, 0) is 6.54 Å². The average Bonchev–Trinajstić information content (AvgIpc) is 2.42. The minimum absolute atomic E-state index is 0.0250. The highest BCUT2D eigenvalue weighted by Crippen LogP contribution is 2.20. The quantitative estimate of drug-likeness (QED) is 0.913. The van der Waals surface area contributed by atoms with E-state index in [1.54, 1.807) is 19.4 Å². The van der Waals surface area contributed by atoms with E-state index in [2.05, 4.69) is 4.98 Å². The molecule has 1 atom stereocenters. The van der Waals surface area contributed by atoms with Crippen molar-refractivity contribution in [3.8, 4) is 0 Å². The highest BCUT2D eigenvalue weighted by atomic mass is 19.2. The van der Waals surface area contributed by atoms with E-state index in [9.17, 15) is 13.9 Å². The van der Waals surface area contributed by atoms with Crippen LogP contribution < -0.4 is 0 Å². The fourth-order valence-corrected chi connectivity index (χ4v) is 2.04. The van der Waals surface area contributed by atoms with Crippen LogP contribution in [0, 0.1) is 11.6 Å². The smallest absolute Gasteiger partial charge is 0.164 e. The SMILES string of the molecule is CN(Cc1cccnc1)CC(O)c1cccc(F)c1F. The lowest BCUT2D eigenvalue weighted by Gasteiger charge is -2.21. The molecule has 0 amide bonds. The molecule has 0 aliphatic rings. The van der Waals surface area contributed by atoms with Gasteiger partial charge in [-0.2, -0.15) is 0 Å². The largest absolute Gasteiger partial charge is 0.387 e. The number of pyridine rings is 1. The van der Waals surface area contributed by atoms with Crippen molar-refractivity contribution >= 4 is 0 Å². The lowest BCUT2D eigenvalue weighted by Crippen LogP contribution is -2.25. The summed E-state index contributed by atoms with van der Waals surface area (Å²) in [4.78, 5) is 5.83. The molecular weight excluding hydrogens is 262 g/mol. The molecule has 0 aliphatic heterocycles. The Labute approximate surface area is 116 Å². The summed E-state index contributed by atoms with van der Waals surface area (Å²) in [5, 5.41) is 10.0. The van der Waals surface area contributed by atoms with Crippen molar-refractivity contribution in [1.29, 1.82) is 0 Å². The van der Waals surface area contributed by atoms with Gasteiger partial charge >= 0.3 is 0 Å². The van der Waals surface area contributed by atoms with Crippen molar-refractivity contribution in [2.45, 2.75) is 12.6 Å². The molecule has 1 aromatic heterocycles. The van der Waals surface area contributed by atoms with Crippen molar-refractivity contribution < 1.29 is 13.9 Å². The van der Waals surface area contributed by atoms with Crippen LogP contribution in [0.25, 0.3) is 0 Å². The van der Waals surface area contributed by atoms with Crippen LogP contribution in [0.4, 0.5) is 8.78 Å². The van der Waals surface area contributed by atoms with Gasteiger partial charge in [0.25, 0.3) is 0 Å². The third kappa shape index (κ3) is 3.59. The Morgan fingerprint density at radius 2 is 2.05 bits per heavy atom. The number of aliphatic hydroxyl groups is 1. The maximum absolute atomic E-state index is 13.6. The van der Waals surface area contributed by atoms with Gasteiger partial charge in [-0.3, -0.25) is 9.88 Å². The van der Waals surface area contributed by atoms with Gasteiger partial charge in [-0.25, -0.2) is 8.78 Å². The first-order valence-corrected chi connectivity index (χ1v) is 6.27. The monoisotopic (exact) mass is 278 g/mol. The van der Waals surface area contributed by atoms with Gasteiger partial charge in [0.1, 0.15) is 0 Å². The Balaban J connectivity index is 2.00. The Morgan fingerprint density at radius 1 is 1.25 bits per heavy atom. The molecule has 0 spiro atoms. The minimum Gasteiger partial charge on any atom is -0.387 e. The summed E-state index contributed by atoms with van der Waals surface area (Å²) in [7, 11) is 1.80. The molecule has 2 aromatic rings. The molecule has 0 bridgehead atoms. The fourth-order valence-electron chi connectivity index (χ4n) is 2.04. The Morgan fingerprint density at radius 3 is 2.75 bits per heavy atom. The summed E-state index contributed by atoms with van der Waals surface area (Å²) < 4.78 is 26.7. The molecule has 1 N–H and O–H groups in total. The molecule has 0 aliphatic carbocycles. The number of nitrogens with zero attached hydrogens (tertiary/aromatic N) is 2. The van der Waals surface area contributed by atoms with Crippen molar-refractivity contribution in [2.24, 2.45) is 0 Å². The highest BCUT2D eigenvalue weighted by Gasteiger charge is 2.17. The predicted octanol–water partition coefficient (Wildman–Crippen LogP) is 2.53. The van der Waals surface area contributed by atoms with E-state index in [1.807, 2.05) is 17.0 Å². The number of benzene rings is 1. The van der Waals surface area contributed by atoms with Gasteiger partial charge in [0.15, 0.2) is 11.6 Å². The summed E-state index contributed by atoms with van der Waals surface area (Å²) >= 11 is 0. The van der Waals surface area contributed by atoms with Gasteiger partial charge in [-0.05, 0) is 24.7 Å². The van der Waals surface area contributed by atoms with Crippen molar-refractivity contribution in [2.75, 3.05) is 13.6 Å². The number of aliphatic hydroxyl groups excluding tert-OH is 1. The van der Waals surface area contributed by atoms with Gasteiger partial charge in [0, 0.05) is 31.0 Å². The zero-order valence-corrected chi connectivity index (χ0v) is 11.1. The van der Waals surface area contributed by atoms with E-state index in [4.69, 9.17) is 0 Å². The van der Waals surface area contributed by atoms with Crippen molar-refractivity contribution in [3.63, 3.8) is 0 Å². The van der Waals surface area contributed by atoms with Crippen LogP contribution >= 0.6 is 0 Å². The van der Waals surface area contributed by atoms with Gasteiger partial charge in [-0.15, -0.1) is 0 Å². The van der Waals surface area contributed by atoms with Crippen LogP contribution in [0.2, 0.25) is 0 Å². The van der Waals surface area contributed by atoms with Crippen LogP contribution in [-0.4, -0.2) is 28.6 Å². The summed E-state index contributed by atoms with van der Waals surface area (Å²) in [6.45, 7) is 0.775. The van der Waals surface area contributed by atoms with Crippen LogP contribution in [0.5, 0.6) is 0 Å². The minimum atomic E-state index is -1.08. The average molecular weight is 278 g/mol. The van der Waals surface area contributed by atoms with E-state index in [-0.39, 0.29) is 12.1 Å². The van der Waals surface area contributed by atoms with Crippen LogP contribution in [0.15, 0.2) is 42.7 Å². The van der Waals surface area contributed by atoms with Crippen LogP contribution in [0.3, 0.4) is 0 Å². The van der Waals surface area contributed by atoms with Gasteiger partial charge in [-0.1, -0.05) is 18.2 Å². The third-order valence-electron chi connectivity index (χ3n) is 3.00. The number of likely N-dealkylation sites (N-methyl/N-ethyl adjacent to an activating group) is 1. The zero-order chi connectivity index (χ0) is 14.5. The Hall–Kier alpha value is -1.85. The molecule has 5 heteroatoms. The summed E-state index contributed by atoms with van der Waals surface area (Å²) in [6, 6.07) is 7.55. The number of hydrogen-bond acceptors (Lipinski definition) is 3. The highest BCUT2D eigenvalue weighted by molar-refractivity contribution is 5.21. The normalized spacial score (nSPS) is 12.7. The molecule has 20 heavy (non-hydrogen) atoms. The number of rotatable bonds is 5. The lowest BCUT2D eigenvalue weighted by atomic mass is 10.1. The maximum atomic E-state index is 13.6. The first-order valence-electron chi connectivity index (χ1n) is 6.27. The van der Waals surface area contributed by atoms with E-state index in [0.717, 1.165) is 11.6 Å². The van der Waals surface area contributed by atoms with Crippen LogP contribution in [0.1, 0.15) is 17.2 Å². The van der Waals surface area contributed by atoms with E-state index < -0.39 is 17.7 Å². The third-order valence-corrected chi connectivity index (χ3v) is 3.00. The first kappa shape index (κ1) is 14.6. The van der Waals surface area contributed by atoms with E-state index in [1.165, 1.54) is 12.1 Å². The Kier molecular flexibility index (Phi) is 4.76. The second-order valence-corrected chi connectivity index (χ2v) is 4.72. The summed E-state index contributed by atoms with van der Waals surface area (Å²) in [6.07, 6.45) is 2.33. The second kappa shape index (κ2) is 6.54. The first-order chi connectivity index (χ1) is 9.58. The Bertz CT molecular complexity index is 563. The predicted molar refractivity (Wildman–Crippen MR) is 71.9 cm³/mol. The fraction of sp³-hybridized carbons (Fsp3) is 0.267. The van der Waals surface area contributed by atoms with Gasteiger partial charge < -0.3 is 5.11 Å². The topological polar surface area (TPSA) is 36.4 Å². The summed E-state index contributed by atoms with van der Waals surface area (Å²) in [5.74, 6) is -1.94. The standard InChI is InChI=1S/C15H16F2N2O/c1-19(9-11-4-3-7-18-8-11)10-14(20)12-5-2-6-13(16)15(12)17/h2-8,14,20H,9-10H2,1H3. The molecule has 2 rings (SSSR count). The molecule has 1 heterocycles. The number of aromatic nitrogens is 1. The second-order valence-electron chi connectivity index (χ2n) is 4.72. The molecule has 0 radical (unpaired) electrons. The molecule has 3 nitrogen and oxygen atoms in total. The number of halogens is 2. The van der Waals surface area contributed by atoms with Gasteiger partial charge in [0.05, 0.1) is 6.10 Å². The zero-order valence-electron chi connectivity index (χ0n) is 11.1. The maximum Gasteiger partial charge on any atom is 0.164 e. The molecule has 106 valence electrons. The van der Waals surface area contributed by atoms with Crippen molar-refractivity contribution in [3.05, 3.63) is 65.5 Å². The van der Waals surface area contributed by atoms with Crippen molar-refractivity contribution in [1.82, 2.24) is 9.88 Å². The molecule has 0 saturated carbocycles. The molecular formula is C15H16F2N2O.